The molecule has 0 aliphatic carbocycles. The Hall–Kier alpha value is -0.650. The molecule has 0 saturated carbocycles. The van der Waals surface area contributed by atoms with Crippen LogP contribution in [0.5, 0.6) is 0 Å². The Kier molecular flexibility index (Phi) is 27.2. The largest absolute Gasteiger partial charge is 0.478 e. The number of hydrogen-bond acceptors (Lipinski definition) is 9. The number of carboxylic acids is 1. The first-order valence-corrected chi connectivity index (χ1v) is 10.2. The summed E-state index contributed by atoms with van der Waals surface area (Å²) < 4.78 is 70.0. The Morgan fingerprint density at radius 1 is 0.966 bits per heavy atom. The predicted octanol–water partition coefficient (Wildman–Crippen LogP) is -0.678. The molecule has 0 bridgehead atoms. The van der Waals surface area contributed by atoms with Crippen LogP contribution in [0, 0.1) is 0 Å². The fraction of sp³-hybridized carbons (Fsp3) is 0.500. The van der Waals surface area contributed by atoms with Gasteiger partial charge in [-0.1, -0.05) is 18.7 Å². The van der Waals surface area contributed by atoms with Gasteiger partial charge in [0.05, 0.1) is 39.1 Å². The van der Waals surface area contributed by atoms with Crippen molar-refractivity contribution >= 4 is 56.0 Å². The average molecular weight is 473 g/mol. The number of hydrogen-bond donors (Lipinski definition) is 4. The molecule has 0 rings (SSSR count). The van der Waals surface area contributed by atoms with Crippen LogP contribution in [0.4, 0.5) is 0 Å². The van der Waals surface area contributed by atoms with Crippen LogP contribution >= 0.6 is 0 Å². The van der Waals surface area contributed by atoms with Gasteiger partial charge in [-0.05, 0) is 0 Å². The van der Waals surface area contributed by atoms with E-state index in [0.717, 1.165) is 6.08 Å². The molecule has 0 saturated heterocycles. The number of carbonyl (C=O) groups is 1. The van der Waals surface area contributed by atoms with Crippen molar-refractivity contribution in [1.29, 1.82) is 0 Å². The van der Waals surface area contributed by atoms with Gasteiger partial charge in [0.1, 0.15) is 5.75 Å². The number of aliphatic hydroxyl groups is 1. The van der Waals surface area contributed by atoms with Crippen molar-refractivity contribution in [2.75, 3.05) is 38.8 Å². The number of rotatable bonds is 13. The molecule has 0 amide bonds. The molecule has 0 fully saturated rings. The Morgan fingerprint density at radius 2 is 1.41 bits per heavy atom. The zero-order valence-electron chi connectivity index (χ0n) is 16.0. The molecule has 0 aliphatic heterocycles. The smallest absolute Gasteiger partial charge is 0.397 e. The SMILES string of the molecule is C=CC(=O)O.C=CCOCC(O)CS(=O)(=O)O.C=CCOCCOS(=O)(=O)O.[Na]. The molecule has 12 nitrogen and oxygen atoms in total. The molecule has 1 radical (unpaired) electrons. The molecule has 0 aromatic heterocycles. The van der Waals surface area contributed by atoms with Crippen molar-refractivity contribution < 1.29 is 54.6 Å². The number of aliphatic carboxylic acids is 1. The second kappa shape index (κ2) is 22.0. The van der Waals surface area contributed by atoms with Gasteiger partial charge in [0.15, 0.2) is 0 Å². The van der Waals surface area contributed by atoms with Crippen LogP contribution in [-0.2, 0) is 39.0 Å². The van der Waals surface area contributed by atoms with Crippen LogP contribution in [0.15, 0.2) is 38.0 Å². The molecule has 1 atom stereocenters. The standard InChI is InChI=1S/C6H12O5S.C5H10O5S.C3H4O2.Na/c1-2-3-11-4-6(7)5-12(8,9)10;1-2-3-9-4-5-10-11(6,7)8;1-2-3(4)5;/h2,6-7H,1,3-5H2,(H,8,9,10);2H,1,3-5H2,(H,6,7,8);2H,1H2,(H,4,5);. The van der Waals surface area contributed by atoms with Crippen molar-refractivity contribution in [1.82, 2.24) is 0 Å². The Labute approximate surface area is 192 Å². The van der Waals surface area contributed by atoms with Crippen LogP contribution in [0.25, 0.3) is 0 Å². The van der Waals surface area contributed by atoms with Gasteiger partial charge in [-0.15, -0.1) is 13.2 Å². The quantitative estimate of drug-likeness (QED) is 0.0867. The summed E-state index contributed by atoms with van der Waals surface area (Å²) in [5.74, 6) is -1.69. The first kappa shape index (κ1) is 35.8. The van der Waals surface area contributed by atoms with Gasteiger partial charge >= 0.3 is 16.4 Å². The van der Waals surface area contributed by atoms with Crippen molar-refractivity contribution in [3.05, 3.63) is 38.0 Å². The van der Waals surface area contributed by atoms with Gasteiger partial charge in [0, 0.05) is 35.6 Å². The van der Waals surface area contributed by atoms with Crippen molar-refractivity contribution in [3.8, 4) is 0 Å². The van der Waals surface area contributed by atoms with Gasteiger partial charge in [-0.25, -0.2) is 8.98 Å². The monoisotopic (exact) mass is 473 g/mol. The minimum atomic E-state index is -4.32. The van der Waals surface area contributed by atoms with Crippen molar-refractivity contribution in [3.63, 3.8) is 0 Å². The molecular formula is C14H26NaO12S2. The van der Waals surface area contributed by atoms with Crippen molar-refractivity contribution in [2.24, 2.45) is 0 Å². The summed E-state index contributed by atoms with van der Waals surface area (Å²) in [7, 11) is -8.43. The van der Waals surface area contributed by atoms with Crippen molar-refractivity contribution in [2.45, 2.75) is 6.10 Å². The third-order valence-electron chi connectivity index (χ3n) is 1.82. The molecule has 4 N–H and O–H groups in total. The van der Waals surface area contributed by atoms with E-state index in [-0.39, 0.29) is 56.0 Å². The minimum Gasteiger partial charge on any atom is -0.478 e. The van der Waals surface area contributed by atoms with E-state index in [0.29, 0.717) is 6.61 Å². The summed E-state index contributed by atoms with van der Waals surface area (Å²) in [5.41, 5.74) is 0. The summed E-state index contributed by atoms with van der Waals surface area (Å²) in [6.07, 6.45) is 2.63. The molecule has 0 spiro atoms. The third kappa shape index (κ3) is 46.9. The summed E-state index contributed by atoms with van der Waals surface area (Å²) in [5, 5.41) is 16.5. The fourth-order valence-electron chi connectivity index (χ4n) is 0.944. The topological polar surface area (TPSA) is 194 Å². The second-order valence-electron chi connectivity index (χ2n) is 4.38. The summed E-state index contributed by atoms with van der Waals surface area (Å²) in [4.78, 5) is 9.25. The van der Waals surface area contributed by atoms with E-state index in [1.54, 1.807) is 0 Å². The van der Waals surface area contributed by atoms with Crippen LogP contribution in [0.1, 0.15) is 0 Å². The van der Waals surface area contributed by atoms with Crippen LogP contribution in [-0.4, -0.2) is 117 Å². The van der Waals surface area contributed by atoms with E-state index in [1.165, 1.54) is 12.2 Å². The van der Waals surface area contributed by atoms with E-state index < -0.39 is 38.3 Å². The summed E-state index contributed by atoms with van der Waals surface area (Å²) in [6.45, 7) is 10.0. The van der Waals surface area contributed by atoms with Gasteiger partial charge in [0.2, 0.25) is 0 Å². The molecule has 0 aromatic rings. The van der Waals surface area contributed by atoms with Crippen LogP contribution in [0.2, 0.25) is 0 Å². The minimum absolute atomic E-state index is 0. The fourth-order valence-corrected chi connectivity index (χ4v) is 1.80. The average Bonchev–Trinajstić information content (AvgIpc) is 2.53. The normalized spacial score (nSPS) is 11.3. The molecule has 1 unspecified atom stereocenters. The molecule has 0 aliphatic rings. The maximum absolute atomic E-state index is 10.2. The molecule has 15 heteroatoms. The maximum Gasteiger partial charge on any atom is 0.397 e. The van der Waals surface area contributed by atoms with E-state index in [4.69, 9.17) is 28.8 Å². The van der Waals surface area contributed by atoms with Crippen LogP contribution in [0.3, 0.4) is 0 Å². The van der Waals surface area contributed by atoms with E-state index in [1.807, 2.05) is 0 Å². The molecule has 29 heavy (non-hydrogen) atoms. The van der Waals surface area contributed by atoms with E-state index in [2.05, 4.69) is 23.9 Å². The Morgan fingerprint density at radius 3 is 1.76 bits per heavy atom. The first-order chi connectivity index (χ1) is 12.8. The number of aliphatic hydroxyl groups excluding tert-OH is 1. The van der Waals surface area contributed by atoms with Gasteiger partial charge in [-0.3, -0.25) is 9.11 Å². The summed E-state index contributed by atoms with van der Waals surface area (Å²) in [6, 6.07) is 0. The van der Waals surface area contributed by atoms with Gasteiger partial charge in [0.25, 0.3) is 10.1 Å². The maximum atomic E-state index is 10.2. The van der Waals surface area contributed by atoms with Gasteiger partial charge < -0.3 is 19.7 Å². The molecule has 0 heterocycles. The molecule has 167 valence electrons. The van der Waals surface area contributed by atoms with E-state index >= 15 is 0 Å². The molecular weight excluding hydrogens is 447 g/mol. The summed E-state index contributed by atoms with van der Waals surface area (Å²) >= 11 is 0. The first-order valence-electron chi connectivity index (χ1n) is 7.26. The third-order valence-corrected chi connectivity index (χ3v) is 3.09. The van der Waals surface area contributed by atoms with Crippen LogP contribution < -0.4 is 0 Å². The molecule has 0 aromatic carbocycles. The second-order valence-corrected chi connectivity index (χ2v) is 6.97. The number of ether oxygens (including phenoxy) is 2. The van der Waals surface area contributed by atoms with Gasteiger partial charge in [-0.2, -0.15) is 16.8 Å². The zero-order valence-corrected chi connectivity index (χ0v) is 19.7. The Balaban J connectivity index is -0.000000171. The zero-order chi connectivity index (χ0) is 22.6. The Bertz CT molecular complexity index is 646. The van der Waals surface area contributed by atoms with E-state index in [9.17, 15) is 21.6 Å². The number of carboxylic acid groups (broad SMARTS) is 1. The predicted molar refractivity (Wildman–Crippen MR) is 106 cm³/mol.